The minimum absolute atomic E-state index is 0.0402. The van der Waals surface area contributed by atoms with E-state index in [-0.39, 0.29) is 34.2 Å². The molecular formula is C13H15BrFN3O. The summed E-state index contributed by atoms with van der Waals surface area (Å²) in [6.45, 7) is 3.76. The Kier molecular flexibility index (Phi) is 5.31. The van der Waals surface area contributed by atoms with Crippen LogP contribution in [-0.2, 0) is 4.79 Å². The minimum Gasteiger partial charge on any atom is -0.363 e. The molecule has 0 aliphatic rings. The molecule has 1 aromatic rings. The third-order valence-corrected chi connectivity index (χ3v) is 3.20. The van der Waals surface area contributed by atoms with Crippen molar-refractivity contribution in [3.8, 4) is 6.07 Å². The molecule has 0 unspecified atom stereocenters. The highest BCUT2D eigenvalue weighted by atomic mass is 79.9. The third kappa shape index (κ3) is 3.93. The normalized spacial score (nSPS) is 10.2. The van der Waals surface area contributed by atoms with Gasteiger partial charge in [-0.2, -0.15) is 5.26 Å². The molecule has 0 aromatic heterocycles. The summed E-state index contributed by atoms with van der Waals surface area (Å²) in [5, 5.41) is 11.5. The molecule has 19 heavy (non-hydrogen) atoms. The Morgan fingerprint density at radius 2 is 2.21 bits per heavy atom. The van der Waals surface area contributed by atoms with Gasteiger partial charge in [0.1, 0.15) is 6.07 Å². The first kappa shape index (κ1) is 15.4. The number of carbonyl (C=O) groups is 1. The Labute approximate surface area is 120 Å². The highest BCUT2D eigenvalue weighted by molar-refractivity contribution is 9.10. The average molecular weight is 328 g/mol. The molecule has 0 aliphatic carbocycles. The summed E-state index contributed by atoms with van der Waals surface area (Å²) in [7, 11) is 1.62. The van der Waals surface area contributed by atoms with Gasteiger partial charge in [-0.05, 0) is 41.9 Å². The predicted molar refractivity (Wildman–Crippen MR) is 75.4 cm³/mol. The van der Waals surface area contributed by atoms with Gasteiger partial charge in [-0.25, -0.2) is 4.39 Å². The number of benzene rings is 1. The van der Waals surface area contributed by atoms with E-state index in [2.05, 4.69) is 21.2 Å². The van der Waals surface area contributed by atoms with Gasteiger partial charge in [-0.3, -0.25) is 4.79 Å². The van der Waals surface area contributed by atoms with Gasteiger partial charge in [0.25, 0.3) is 0 Å². The van der Waals surface area contributed by atoms with Crippen LogP contribution in [0.4, 0.5) is 10.1 Å². The van der Waals surface area contributed by atoms with Gasteiger partial charge in [0, 0.05) is 13.1 Å². The first-order chi connectivity index (χ1) is 8.86. The summed E-state index contributed by atoms with van der Waals surface area (Å²) in [6, 6.07) is 4.93. The fraction of sp³-hybridized carbons (Fsp3) is 0.385. The number of hydrogen-bond donors (Lipinski definition) is 1. The summed E-state index contributed by atoms with van der Waals surface area (Å²) < 4.78 is 14.2. The van der Waals surface area contributed by atoms with E-state index in [0.717, 1.165) is 0 Å². The Hall–Kier alpha value is -1.61. The number of amides is 1. The Morgan fingerprint density at radius 1 is 1.58 bits per heavy atom. The van der Waals surface area contributed by atoms with Crippen LogP contribution in [0.1, 0.15) is 19.4 Å². The topological polar surface area (TPSA) is 56.1 Å². The number of nitrogens with zero attached hydrogens (tertiary/aromatic N) is 2. The second kappa shape index (κ2) is 6.53. The van der Waals surface area contributed by atoms with Crippen LogP contribution < -0.4 is 10.2 Å². The number of rotatable bonds is 4. The average Bonchev–Trinajstić information content (AvgIpc) is 2.31. The van der Waals surface area contributed by atoms with Crippen molar-refractivity contribution in [3.05, 3.63) is 28.0 Å². The van der Waals surface area contributed by atoms with Crippen molar-refractivity contribution in [2.45, 2.75) is 19.9 Å². The molecule has 0 spiro atoms. The van der Waals surface area contributed by atoms with Crippen LogP contribution >= 0.6 is 15.9 Å². The largest absolute Gasteiger partial charge is 0.363 e. The van der Waals surface area contributed by atoms with Crippen LogP contribution in [0.3, 0.4) is 0 Å². The van der Waals surface area contributed by atoms with Crippen LogP contribution in [0.15, 0.2) is 16.6 Å². The van der Waals surface area contributed by atoms with E-state index in [9.17, 15) is 9.18 Å². The van der Waals surface area contributed by atoms with Gasteiger partial charge in [-0.1, -0.05) is 0 Å². The van der Waals surface area contributed by atoms with Gasteiger partial charge in [-0.15, -0.1) is 0 Å². The lowest BCUT2D eigenvalue weighted by Gasteiger charge is -2.21. The quantitative estimate of drug-likeness (QED) is 0.923. The van der Waals surface area contributed by atoms with Crippen molar-refractivity contribution in [3.63, 3.8) is 0 Å². The van der Waals surface area contributed by atoms with Crippen molar-refractivity contribution in [2.24, 2.45) is 0 Å². The first-order valence-corrected chi connectivity index (χ1v) is 6.54. The van der Waals surface area contributed by atoms with Crippen molar-refractivity contribution in [1.82, 2.24) is 5.32 Å². The van der Waals surface area contributed by atoms with Gasteiger partial charge in [0.2, 0.25) is 5.91 Å². The predicted octanol–water partition coefficient (Wildman–Crippen LogP) is 2.42. The van der Waals surface area contributed by atoms with E-state index in [1.165, 1.54) is 17.0 Å². The number of nitrogens with one attached hydrogen (secondary N) is 1. The van der Waals surface area contributed by atoms with Crippen LogP contribution in [0.25, 0.3) is 0 Å². The molecule has 0 bridgehead atoms. The minimum atomic E-state index is -0.543. The molecule has 1 aromatic carbocycles. The molecule has 6 heteroatoms. The number of carbonyl (C=O) groups excluding carboxylic acids is 1. The SMILES string of the molecule is CC(C)NC(=O)CN(C)c1ccc(C#N)c(Br)c1F. The van der Waals surface area contributed by atoms with E-state index in [1.54, 1.807) is 7.05 Å². The van der Waals surface area contributed by atoms with Crippen LogP contribution in [0.5, 0.6) is 0 Å². The molecule has 1 amide bonds. The van der Waals surface area contributed by atoms with Crippen LogP contribution in [0.2, 0.25) is 0 Å². The van der Waals surface area contributed by atoms with Gasteiger partial charge >= 0.3 is 0 Å². The van der Waals surface area contributed by atoms with Gasteiger partial charge in [0.15, 0.2) is 5.82 Å². The van der Waals surface area contributed by atoms with Crippen molar-refractivity contribution in [1.29, 1.82) is 5.26 Å². The lowest BCUT2D eigenvalue weighted by atomic mass is 10.2. The number of likely N-dealkylation sites (N-methyl/N-ethyl adjacent to an activating group) is 1. The molecular weight excluding hydrogens is 313 g/mol. The molecule has 0 radical (unpaired) electrons. The van der Waals surface area contributed by atoms with Crippen LogP contribution in [0, 0.1) is 17.1 Å². The lowest BCUT2D eigenvalue weighted by Crippen LogP contribution is -2.38. The summed E-state index contributed by atoms with van der Waals surface area (Å²) in [4.78, 5) is 13.1. The third-order valence-electron chi connectivity index (χ3n) is 2.42. The van der Waals surface area contributed by atoms with Crippen molar-refractivity contribution in [2.75, 3.05) is 18.5 Å². The molecule has 0 saturated carbocycles. The van der Waals surface area contributed by atoms with Gasteiger partial charge < -0.3 is 10.2 Å². The van der Waals surface area contributed by atoms with E-state index >= 15 is 0 Å². The second-order valence-corrected chi connectivity index (χ2v) is 5.24. The highest BCUT2D eigenvalue weighted by Gasteiger charge is 2.16. The second-order valence-electron chi connectivity index (χ2n) is 4.45. The first-order valence-electron chi connectivity index (χ1n) is 5.75. The smallest absolute Gasteiger partial charge is 0.239 e. The molecule has 0 fully saturated rings. The van der Waals surface area contributed by atoms with E-state index in [0.29, 0.717) is 0 Å². The zero-order valence-corrected chi connectivity index (χ0v) is 12.6. The van der Waals surface area contributed by atoms with Crippen molar-refractivity contribution < 1.29 is 9.18 Å². The molecule has 4 nitrogen and oxygen atoms in total. The number of hydrogen-bond acceptors (Lipinski definition) is 3. The zero-order valence-electron chi connectivity index (χ0n) is 11.0. The molecule has 0 heterocycles. The van der Waals surface area contributed by atoms with Gasteiger partial charge in [0.05, 0.1) is 22.3 Å². The molecule has 0 atom stereocenters. The summed E-state index contributed by atoms with van der Waals surface area (Å²) >= 11 is 3.04. The van der Waals surface area contributed by atoms with Crippen LogP contribution in [-0.4, -0.2) is 25.5 Å². The maximum atomic E-state index is 14.0. The maximum Gasteiger partial charge on any atom is 0.239 e. The summed E-state index contributed by atoms with van der Waals surface area (Å²) in [6.07, 6.45) is 0. The monoisotopic (exact) mass is 327 g/mol. The molecule has 0 saturated heterocycles. The van der Waals surface area contributed by atoms with E-state index in [1.807, 2.05) is 19.9 Å². The Morgan fingerprint density at radius 3 is 2.74 bits per heavy atom. The number of nitriles is 1. The molecule has 0 aliphatic heterocycles. The summed E-state index contributed by atoms with van der Waals surface area (Å²) in [5.41, 5.74) is 0.492. The maximum absolute atomic E-state index is 14.0. The highest BCUT2D eigenvalue weighted by Crippen LogP contribution is 2.28. The molecule has 1 rings (SSSR count). The standard InChI is InChI=1S/C13H15BrFN3O/c1-8(2)17-11(19)7-18(3)10-5-4-9(6-16)12(14)13(10)15/h4-5,8H,7H2,1-3H3,(H,17,19). The fourth-order valence-corrected chi connectivity index (χ4v) is 2.01. The number of anilines is 1. The zero-order chi connectivity index (χ0) is 14.6. The fourth-order valence-electron chi connectivity index (χ4n) is 1.59. The Balaban J connectivity index is 2.90. The number of halogens is 2. The van der Waals surface area contributed by atoms with Crippen molar-refractivity contribution >= 4 is 27.5 Å². The molecule has 1 N–H and O–H groups in total. The lowest BCUT2D eigenvalue weighted by molar-refractivity contribution is -0.120. The summed E-state index contributed by atoms with van der Waals surface area (Å²) in [5.74, 6) is -0.726. The Bertz CT molecular complexity index is 525. The van der Waals surface area contributed by atoms with E-state index < -0.39 is 5.82 Å². The van der Waals surface area contributed by atoms with E-state index in [4.69, 9.17) is 5.26 Å². The molecule has 102 valence electrons.